The first kappa shape index (κ1) is 11.4. The normalized spacial score (nSPS) is 11.2. The minimum atomic E-state index is -0.0463. The highest BCUT2D eigenvalue weighted by Gasteiger charge is 2.17. The summed E-state index contributed by atoms with van der Waals surface area (Å²) in [6, 6.07) is 0. The first-order valence-electron chi connectivity index (χ1n) is 4.65. The van der Waals surface area contributed by atoms with E-state index in [1.54, 1.807) is 0 Å². The highest BCUT2D eigenvalue weighted by atomic mass is 15.1. The van der Waals surface area contributed by atoms with Crippen molar-refractivity contribution in [2.45, 2.75) is 53.5 Å². The van der Waals surface area contributed by atoms with E-state index in [0.29, 0.717) is 5.92 Å². The number of rotatable bonds is 2. The molecule has 0 aromatic rings. The number of hydrogen-bond donors (Lipinski definition) is 0. The zero-order valence-corrected chi connectivity index (χ0v) is 9.18. The Morgan fingerprint density at radius 3 is 2.08 bits per heavy atom. The molecule has 0 aromatic heterocycles. The largest absolute Gasteiger partial charge is 0.320 e. The smallest absolute Gasteiger partial charge is 0.0544 e. The zero-order valence-electron chi connectivity index (χ0n) is 9.18. The van der Waals surface area contributed by atoms with E-state index in [9.17, 15) is 0 Å². The van der Waals surface area contributed by atoms with Gasteiger partial charge >= 0.3 is 5.71 Å². The van der Waals surface area contributed by atoms with Crippen molar-refractivity contribution >= 4 is 5.71 Å². The Kier molecular flexibility index (Phi) is 4.19. The van der Waals surface area contributed by atoms with Crippen LogP contribution in [0.5, 0.6) is 0 Å². The van der Waals surface area contributed by atoms with Gasteiger partial charge in [0, 0.05) is 11.2 Å². The zero-order chi connectivity index (χ0) is 9.78. The average Bonchev–Trinajstić information content (AvgIpc) is 1.85. The molecule has 0 aromatic carbocycles. The molecular formula is C10H21N2+. The third-order valence-electron chi connectivity index (χ3n) is 1.51. The Morgan fingerprint density at radius 2 is 1.83 bits per heavy atom. The van der Waals surface area contributed by atoms with Crippen molar-refractivity contribution < 1.29 is 4.79 Å². The summed E-state index contributed by atoms with van der Waals surface area (Å²) in [5.74, 6) is 0.515. The average molecular weight is 169 g/mol. The van der Waals surface area contributed by atoms with E-state index < -0.39 is 0 Å². The molecule has 2 nitrogen and oxygen atoms in total. The summed E-state index contributed by atoms with van der Waals surface area (Å²) in [5, 5.41) is 4.24. The predicted octanol–water partition coefficient (Wildman–Crippen LogP) is 2.95. The van der Waals surface area contributed by atoms with Crippen molar-refractivity contribution in [3.63, 3.8) is 0 Å². The lowest BCUT2D eigenvalue weighted by Gasteiger charge is -1.99. The lowest BCUT2D eigenvalue weighted by atomic mass is 10.1. The van der Waals surface area contributed by atoms with Crippen LogP contribution in [-0.2, 0) is 0 Å². The minimum Gasteiger partial charge on any atom is -0.0544 e. The molecule has 0 spiro atoms. The predicted molar refractivity (Wildman–Crippen MR) is 52.6 cm³/mol. The molecule has 0 unspecified atom stereocenters. The second-order valence-electron chi connectivity index (χ2n) is 4.37. The molecule has 0 aliphatic carbocycles. The van der Waals surface area contributed by atoms with Crippen LogP contribution in [-0.4, -0.2) is 16.0 Å². The van der Waals surface area contributed by atoms with Gasteiger partial charge in [0.15, 0.2) is 0 Å². The molecule has 0 saturated heterocycles. The van der Waals surface area contributed by atoms with Gasteiger partial charge in [-0.15, -0.1) is 0 Å². The Labute approximate surface area is 75.8 Å². The van der Waals surface area contributed by atoms with Crippen molar-refractivity contribution in [3.05, 3.63) is 0 Å². The van der Waals surface area contributed by atoms with E-state index in [4.69, 9.17) is 0 Å². The first-order valence-corrected chi connectivity index (χ1v) is 4.65. The SMILES string of the molecule is CCC(=[N+]=NC(C)(C)C)C(C)C. The van der Waals surface area contributed by atoms with Crippen molar-refractivity contribution in [1.29, 1.82) is 0 Å². The monoisotopic (exact) mass is 169 g/mol. The molecule has 0 N–H and O–H groups in total. The molecule has 0 radical (unpaired) electrons. The fraction of sp³-hybridized carbons (Fsp3) is 0.900. The van der Waals surface area contributed by atoms with Gasteiger partial charge in [-0.25, -0.2) is 0 Å². The fourth-order valence-electron chi connectivity index (χ4n) is 0.809. The molecule has 0 amide bonds. The molecule has 0 atom stereocenters. The summed E-state index contributed by atoms with van der Waals surface area (Å²) in [4.78, 5) is 4.25. The maximum Gasteiger partial charge on any atom is 0.320 e. The van der Waals surface area contributed by atoms with Gasteiger partial charge in [-0.3, -0.25) is 0 Å². The van der Waals surface area contributed by atoms with Crippen LogP contribution in [0.25, 0.3) is 0 Å². The van der Waals surface area contributed by atoms with Gasteiger partial charge in [0.1, 0.15) is 5.54 Å². The molecular weight excluding hydrogens is 148 g/mol. The van der Waals surface area contributed by atoms with Gasteiger partial charge in [0.2, 0.25) is 0 Å². The van der Waals surface area contributed by atoms with Crippen molar-refractivity contribution in [3.8, 4) is 0 Å². The summed E-state index contributed by atoms with van der Waals surface area (Å²) < 4.78 is 0. The van der Waals surface area contributed by atoms with E-state index in [0.717, 1.165) is 6.42 Å². The molecule has 0 saturated carbocycles. The van der Waals surface area contributed by atoms with Crippen molar-refractivity contribution in [1.82, 2.24) is 0 Å². The Morgan fingerprint density at radius 1 is 1.33 bits per heavy atom. The third kappa shape index (κ3) is 5.09. The summed E-state index contributed by atoms with van der Waals surface area (Å²) in [5.41, 5.74) is 1.14. The summed E-state index contributed by atoms with van der Waals surface area (Å²) >= 11 is 0. The van der Waals surface area contributed by atoms with Crippen LogP contribution in [0.1, 0.15) is 48.0 Å². The quantitative estimate of drug-likeness (QED) is 0.345. The van der Waals surface area contributed by atoms with E-state index >= 15 is 0 Å². The van der Waals surface area contributed by atoms with Crippen LogP contribution in [0, 0.1) is 5.92 Å². The van der Waals surface area contributed by atoms with Crippen LogP contribution in [0.15, 0.2) is 5.11 Å². The summed E-state index contributed by atoms with van der Waals surface area (Å²) in [6.07, 6.45) is 0.997. The second-order valence-corrected chi connectivity index (χ2v) is 4.37. The maximum absolute atomic E-state index is 4.25. The Balaban J connectivity index is 4.59. The molecule has 70 valence electrons. The highest BCUT2D eigenvalue weighted by molar-refractivity contribution is 5.80. The fourth-order valence-corrected chi connectivity index (χ4v) is 0.809. The van der Waals surface area contributed by atoms with Crippen LogP contribution in [0.4, 0.5) is 0 Å². The van der Waals surface area contributed by atoms with Crippen LogP contribution >= 0.6 is 0 Å². The van der Waals surface area contributed by atoms with E-state index in [1.807, 2.05) is 0 Å². The van der Waals surface area contributed by atoms with Gasteiger partial charge in [0.25, 0.3) is 0 Å². The first-order chi connectivity index (χ1) is 5.37. The number of nitrogens with zero attached hydrogens (tertiary/aromatic N) is 2. The van der Waals surface area contributed by atoms with Crippen molar-refractivity contribution in [2.75, 3.05) is 0 Å². The Hall–Kier alpha value is -0.620. The second kappa shape index (κ2) is 4.42. The molecule has 0 heterocycles. The summed E-state index contributed by atoms with van der Waals surface area (Å²) in [6.45, 7) is 12.6. The number of hydrogen-bond acceptors (Lipinski definition) is 1. The lowest BCUT2D eigenvalue weighted by Crippen LogP contribution is -2.12. The van der Waals surface area contributed by atoms with Gasteiger partial charge in [-0.05, 0) is 20.8 Å². The highest BCUT2D eigenvalue weighted by Crippen LogP contribution is 2.04. The van der Waals surface area contributed by atoms with Crippen LogP contribution in [0.2, 0.25) is 0 Å². The van der Waals surface area contributed by atoms with Crippen LogP contribution in [0.3, 0.4) is 0 Å². The molecule has 2 heteroatoms. The van der Waals surface area contributed by atoms with Gasteiger partial charge < -0.3 is 0 Å². The van der Waals surface area contributed by atoms with Crippen LogP contribution < -0.4 is 0 Å². The standard InChI is InChI=1S/C10H21N2/c1-7-9(8(2)3)11-12-10(4,5)6/h8H,7H2,1-6H3/q+1. The molecule has 0 aliphatic rings. The van der Waals surface area contributed by atoms with Gasteiger partial charge in [-0.2, -0.15) is 0 Å². The molecule has 0 aliphatic heterocycles. The van der Waals surface area contributed by atoms with Gasteiger partial charge in [0.05, 0.1) is 11.0 Å². The van der Waals surface area contributed by atoms with E-state index in [1.165, 1.54) is 5.71 Å². The summed E-state index contributed by atoms with van der Waals surface area (Å²) in [7, 11) is 0. The third-order valence-corrected chi connectivity index (χ3v) is 1.51. The van der Waals surface area contributed by atoms with Crippen molar-refractivity contribution in [2.24, 2.45) is 11.0 Å². The van der Waals surface area contributed by atoms with E-state index in [-0.39, 0.29) is 5.54 Å². The van der Waals surface area contributed by atoms with E-state index in [2.05, 4.69) is 51.4 Å². The maximum atomic E-state index is 4.25. The Bertz CT molecular complexity index is 190. The minimum absolute atomic E-state index is 0.0463. The molecule has 0 bridgehead atoms. The molecule has 12 heavy (non-hydrogen) atoms. The molecule has 0 rings (SSSR count). The topological polar surface area (TPSA) is 26.5 Å². The molecule has 0 fully saturated rings. The van der Waals surface area contributed by atoms with Gasteiger partial charge in [-0.1, -0.05) is 20.8 Å². The lowest BCUT2D eigenvalue weighted by molar-refractivity contribution is -0.116.